The van der Waals surface area contributed by atoms with E-state index in [1.165, 1.54) is 37.4 Å². The third-order valence-corrected chi connectivity index (χ3v) is 6.34. The van der Waals surface area contributed by atoms with E-state index in [0.717, 1.165) is 0 Å². The van der Waals surface area contributed by atoms with Gasteiger partial charge in [0, 0.05) is 22.2 Å². The van der Waals surface area contributed by atoms with Crippen LogP contribution in [0.15, 0.2) is 51.2 Å². The molecule has 6 nitrogen and oxygen atoms in total. The molecule has 0 N–H and O–H groups in total. The molecule has 0 atom stereocenters. The summed E-state index contributed by atoms with van der Waals surface area (Å²) in [6.07, 6.45) is 1.72. The van der Waals surface area contributed by atoms with Crippen LogP contribution in [-0.2, 0) is 14.6 Å². The van der Waals surface area contributed by atoms with Crippen LogP contribution < -0.4 is 0 Å². The number of carbonyl (C=O) groups excluding carboxylic acids is 1. The molecule has 0 unspecified atom stereocenters. The Bertz CT molecular complexity index is 1220. The van der Waals surface area contributed by atoms with E-state index in [-0.39, 0.29) is 61.1 Å². The van der Waals surface area contributed by atoms with Gasteiger partial charge in [-0.25, -0.2) is 18.4 Å². The summed E-state index contributed by atoms with van der Waals surface area (Å²) in [7, 11) is -3.78. The summed E-state index contributed by atoms with van der Waals surface area (Å²) in [4.78, 5) is 18.8. The second kappa shape index (κ2) is 7.64. The normalized spacial score (nSPS) is 12.3. The molecule has 11 heteroatoms. The molecule has 0 bridgehead atoms. The van der Waals surface area contributed by atoms with Crippen LogP contribution in [0.1, 0.15) is 12.5 Å². The smallest absolute Gasteiger partial charge is 0.435 e. The number of nitrogens with zero attached hydrogens (tertiary/aromatic N) is 2. The molecule has 29 heavy (non-hydrogen) atoms. The van der Waals surface area contributed by atoms with Gasteiger partial charge in [-0.2, -0.15) is 13.2 Å². The number of hydrogen-bond donors (Lipinski definition) is 0. The highest BCUT2D eigenvalue weighted by molar-refractivity contribution is 8.00. The van der Waals surface area contributed by atoms with Crippen LogP contribution in [0.3, 0.4) is 0 Å². The van der Waals surface area contributed by atoms with Gasteiger partial charge in [-0.15, -0.1) is 0 Å². The Balaban J connectivity index is 2.15. The summed E-state index contributed by atoms with van der Waals surface area (Å²) in [6.45, 7) is 4.97. The standard InChI is InChI=1S/C18H13F3N2O4S2/c1-3-29(25,26)15-6-11(10(2)9-24)8-22-16(15)17-23-13-7-12(28-18(19,20)21)4-5-14(13)27-17/h4-9H,2-3H2,1H3. The van der Waals surface area contributed by atoms with Gasteiger partial charge in [-0.3, -0.25) is 4.79 Å². The molecule has 0 radical (unpaired) electrons. The molecule has 2 aromatic heterocycles. The second-order valence-electron chi connectivity index (χ2n) is 5.81. The van der Waals surface area contributed by atoms with Gasteiger partial charge in [0.1, 0.15) is 17.5 Å². The molecule has 0 aliphatic heterocycles. The molecule has 3 aromatic rings. The highest BCUT2D eigenvalue weighted by Gasteiger charge is 2.30. The lowest BCUT2D eigenvalue weighted by Gasteiger charge is -2.08. The SMILES string of the molecule is C=C(C=O)c1cnc(-c2nc3cc(SC(F)(F)F)ccc3o2)c(S(=O)(=O)CC)c1. The number of oxazole rings is 1. The minimum atomic E-state index is -4.46. The molecule has 3 rings (SSSR count). The number of sulfone groups is 1. The van der Waals surface area contributed by atoms with E-state index in [0.29, 0.717) is 6.29 Å². The lowest BCUT2D eigenvalue weighted by molar-refractivity contribution is -0.103. The van der Waals surface area contributed by atoms with Gasteiger partial charge in [0.25, 0.3) is 0 Å². The summed E-state index contributed by atoms with van der Waals surface area (Å²) in [5.74, 6) is -0.407. The van der Waals surface area contributed by atoms with Crippen molar-refractivity contribution in [2.75, 3.05) is 5.75 Å². The number of aldehydes is 1. The quantitative estimate of drug-likeness (QED) is 0.315. The van der Waals surface area contributed by atoms with Crippen molar-refractivity contribution in [3.05, 3.63) is 42.6 Å². The zero-order valence-electron chi connectivity index (χ0n) is 14.9. The largest absolute Gasteiger partial charge is 0.446 e. The van der Waals surface area contributed by atoms with Crippen molar-refractivity contribution < 1.29 is 30.8 Å². The summed E-state index contributed by atoms with van der Waals surface area (Å²) < 4.78 is 68.3. The zero-order chi connectivity index (χ0) is 21.4. The first kappa shape index (κ1) is 21.1. The molecule has 0 fully saturated rings. The predicted octanol–water partition coefficient (Wildman–Crippen LogP) is 4.51. The van der Waals surface area contributed by atoms with Crippen molar-refractivity contribution in [1.82, 2.24) is 9.97 Å². The number of hydrogen-bond acceptors (Lipinski definition) is 7. The van der Waals surface area contributed by atoms with Gasteiger partial charge < -0.3 is 4.42 Å². The van der Waals surface area contributed by atoms with Crippen molar-refractivity contribution in [3.63, 3.8) is 0 Å². The van der Waals surface area contributed by atoms with Crippen LogP contribution in [0, 0.1) is 0 Å². The molecular weight excluding hydrogens is 429 g/mol. The number of fused-ring (bicyclic) bond motifs is 1. The Hall–Kier alpha value is -2.66. The van der Waals surface area contributed by atoms with E-state index in [1.54, 1.807) is 0 Å². The Morgan fingerprint density at radius 1 is 1.31 bits per heavy atom. The minimum Gasteiger partial charge on any atom is -0.435 e. The molecular formula is C18H13F3N2O4S2. The van der Waals surface area contributed by atoms with Gasteiger partial charge in [-0.05, 0) is 36.0 Å². The highest BCUT2D eigenvalue weighted by Crippen LogP contribution is 2.38. The number of alkyl halides is 3. The number of rotatable bonds is 6. The molecule has 0 saturated carbocycles. The zero-order valence-corrected chi connectivity index (χ0v) is 16.5. The van der Waals surface area contributed by atoms with Crippen LogP contribution in [0.25, 0.3) is 28.3 Å². The molecule has 0 amide bonds. The van der Waals surface area contributed by atoms with Crippen molar-refractivity contribution in [3.8, 4) is 11.6 Å². The lowest BCUT2D eigenvalue weighted by Crippen LogP contribution is -2.08. The van der Waals surface area contributed by atoms with Crippen LogP contribution in [0.4, 0.5) is 13.2 Å². The van der Waals surface area contributed by atoms with Crippen LogP contribution in [0.2, 0.25) is 0 Å². The maximum atomic E-state index is 12.6. The van der Waals surface area contributed by atoms with Crippen molar-refractivity contribution in [2.45, 2.75) is 22.2 Å². The first-order valence-corrected chi connectivity index (χ1v) is 10.5. The molecule has 0 saturated heterocycles. The molecule has 0 aliphatic carbocycles. The van der Waals surface area contributed by atoms with Crippen molar-refractivity contribution in [2.24, 2.45) is 0 Å². The maximum Gasteiger partial charge on any atom is 0.446 e. The summed E-state index contributed by atoms with van der Waals surface area (Å²) in [6, 6.07) is 4.98. The molecule has 152 valence electrons. The summed E-state index contributed by atoms with van der Waals surface area (Å²) >= 11 is -0.297. The fraction of sp³-hybridized carbons (Fsp3) is 0.167. The van der Waals surface area contributed by atoms with E-state index in [9.17, 15) is 26.4 Å². The lowest BCUT2D eigenvalue weighted by atomic mass is 10.1. The molecule has 1 aromatic carbocycles. The molecule has 0 aliphatic rings. The van der Waals surface area contributed by atoms with E-state index in [4.69, 9.17) is 4.42 Å². The maximum absolute atomic E-state index is 12.6. The Labute approximate surface area is 167 Å². The predicted molar refractivity (Wildman–Crippen MR) is 102 cm³/mol. The highest BCUT2D eigenvalue weighted by atomic mass is 32.2. The fourth-order valence-electron chi connectivity index (χ4n) is 2.45. The first-order chi connectivity index (χ1) is 13.5. The monoisotopic (exact) mass is 442 g/mol. The third-order valence-electron chi connectivity index (χ3n) is 3.88. The molecule has 0 spiro atoms. The van der Waals surface area contributed by atoms with Crippen LogP contribution in [-0.4, -0.2) is 35.9 Å². The van der Waals surface area contributed by atoms with Gasteiger partial charge in [0.15, 0.2) is 15.4 Å². The summed E-state index contributed by atoms with van der Waals surface area (Å²) in [5, 5.41) is 0. The van der Waals surface area contributed by atoms with Gasteiger partial charge in [0.05, 0.1) is 10.6 Å². The van der Waals surface area contributed by atoms with E-state index in [2.05, 4.69) is 16.5 Å². The molecule has 2 heterocycles. The van der Waals surface area contributed by atoms with E-state index < -0.39 is 15.3 Å². The Morgan fingerprint density at radius 2 is 2.03 bits per heavy atom. The van der Waals surface area contributed by atoms with Crippen molar-refractivity contribution >= 4 is 44.6 Å². The number of halogens is 3. The number of thioether (sulfide) groups is 1. The average Bonchev–Trinajstić information content (AvgIpc) is 3.08. The van der Waals surface area contributed by atoms with Crippen LogP contribution in [0.5, 0.6) is 0 Å². The fourth-order valence-corrected chi connectivity index (χ4v) is 4.07. The number of aromatic nitrogens is 2. The number of carbonyl (C=O) groups is 1. The van der Waals surface area contributed by atoms with Crippen molar-refractivity contribution in [1.29, 1.82) is 0 Å². The number of allylic oxidation sites excluding steroid dienone is 1. The Kier molecular flexibility index (Phi) is 5.54. The van der Waals surface area contributed by atoms with Gasteiger partial charge in [0.2, 0.25) is 5.89 Å². The van der Waals surface area contributed by atoms with Gasteiger partial charge >= 0.3 is 5.51 Å². The minimum absolute atomic E-state index is 0.0444. The number of pyridine rings is 1. The third kappa shape index (κ3) is 4.51. The van der Waals surface area contributed by atoms with E-state index >= 15 is 0 Å². The second-order valence-corrected chi connectivity index (χ2v) is 9.20. The first-order valence-electron chi connectivity index (χ1n) is 8.08. The average molecular weight is 442 g/mol. The summed E-state index contributed by atoms with van der Waals surface area (Å²) in [5.41, 5.74) is -4.00. The van der Waals surface area contributed by atoms with Crippen LogP contribution >= 0.6 is 11.8 Å². The topological polar surface area (TPSA) is 90.1 Å². The Morgan fingerprint density at radius 3 is 2.66 bits per heavy atom. The van der Waals surface area contributed by atoms with E-state index in [1.807, 2.05) is 0 Å². The number of benzene rings is 1. The van der Waals surface area contributed by atoms with Gasteiger partial charge in [-0.1, -0.05) is 13.5 Å².